The standard InChI is InChI=1S/C19H22Cl2N2O4S2/c1-12-9-23(10-13(2)27-12)29(25,26)17-8-14(4-6-16(17)20)19(24)22(3)11-15-5-7-18(21)28-15/h4-8,12-13H,9-11H2,1-3H3. The molecule has 0 radical (unpaired) electrons. The summed E-state index contributed by atoms with van der Waals surface area (Å²) in [4.78, 5) is 15.2. The summed E-state index contributed by atoms with van der Waals surface area (Å²) < 4.78 is 34.0. The molecule has 1 saturated heterocycles. The Bertz CT molecular complexity index is 999. The van der Waals surface area contributed by atoms with Crippen molar-refractivity contribution >= 4 is 50.5 Å². The topological polar surface area (TPSA) is 66.9 Å². The molecule has 1 amide bonds. The van der Waals surface area contributed by atoms with Crippen LogP contribution >= 0.6 is 34.5 Å². The first-order chi connectivity index (χ1) is 13.6. The smallest absolute Gasteiger partial charge is 0.253 e. The van der Waals surface area contributed by atoms with Crippen molar-refractivity contribution in [3.63, 3.8) is 0 Å². The highest BCUT2D eigenvalue weighted by Gasteiger charge is 2.34. The number of carbonyl (C=O) groups is 1. The van der Waals surface area contributed by atoms with E-state index >= 15 is 0 Å². The van der Waals surface area contributed by atoms with E-state index in [2.05, 4.69) is 0 Å². The molecule has 1 fully saturated rings. The molecule has 0 bridgehead atoms. The molecule has 29 heavy (non-hydrogen) atoms. The van der Waals surface area contributed by atoms with E-state index in [0.29, 0.717) is 10.9 Å². The lowest BCUT2D eigenvalue weighted by molar-refractivity contribution is -0.0440. The minimum atomic E-state index is -3.86. The molecule has 2 heterocycles. The average Bonchev–Trinajstić information content (AvgIpc) is 3.05. The van der Waals surface area contributed by atoms with Gasteiger partial charge in [-0.2, -0.15) is 4.31 Å². The first-order valence-electron chi connectivity index (χ1n) is 9.02. The molecule has 0 saturated carbocycles. The van der Waals surface area contributed by atoms with E-state index in [1.165, 1.54) is 38.7 Å². The molecule has 0 N–H and O–H groups in total. The van der Waals surface area contributed by atoms with E-state index in [1.807, 2.05) is 19.9 Å². The summed E-state index contributed by atoms with van der Waals surface area (Å²) in [5.74, 6) is -0.300. The minimum absolute atomic E-state index is 0.0705. The van der Waals surface area contributed by atoms with E-state index in [9.17, 15) is 13.2 Å². The van der Waals surface area contributed by atoms with Gasteiger partial charge in [0.25, 0.3) is 5.91 Å². The van der Waals surface area contributed by atoms with Gasteiger partial charge in [-0.3, -0.25) is 4.79 Å². The molecule has 2 atom stereocenters. The Morgan fingerprint density at radius 2 is 1.86 bits per heavy atom. The maximum absolute atomic E-state index is 13.2. The van der Waals surface area contributed by atoms with E-state index in [1.54, 1.807) is 13.1 Å². The second kappa shape index (κ2) is 8.91. The quantitative estimate of drug-likeness (QED) is 0.650. The van der Waals surface area contributed by atoms with Gasteiger partial charge in [-0.15, -0.1) is 11.3 Å². The lowest BCUT2D eigenvalue weighted by Gasteiger charge is -2.34. The molecule has 0 aliphatic carbocycles. The largest absolute Gasteiger partial charge is 0.373 e. The van der Waals surface area contributed by atoms with Gasteiger partial charge in [0, 0.05) is 30.6 Å². The first-order valence-corrected chi connectivity index (χ1v) is 12.0. The third kappa shape index (κ3) is 5.13. The summed E-state index contributed by atoms with van der Waals surface area (Å²) in [6, 6.07) is 7.96. The van der Waals surface area contributed by atoms with Gasteiger partial charge in [0.1, 0.15) is 4.90 Å². The minimum Gasteiger partial charge on any atom is -0.373 e. The average molecular weight is 477 g/mol. The zero-order valence-electron chi connectivity index (χ0n) is 16.3. The van der Waals surface area contributed by atoms with Gasteiger partial charge in [-0.25, -0.2) is 8.42 Å². The molecule has 2 aromatic rings. The zero-order chi connectivity index (χ0) is 21.3. The molecule has 1 aromatic heterocycles. The van der Waals surface area contributed by atoms with Crippen LogP contribution in [-0.4, -0.2) is 55.9 Å². The maximum Gasteiger partial charge on any atom is 0.253 e. The van der Waals surface area contributed by atoms with Crippen LogP contribution in [-0.2, 0) is 21.3 Å². The fraction of sp³-hybridized carbons (Fsp3) is 0.421. The Balaban J connectivity index is 1.86. The van der Waals surface area contributed by atoms with Crippen LogP contribution in [0.2, 0.25) is 9.36 Å². The van der Waals surface area contributed by atoms with Crippen molar-refractivity contribution in [3.05, 3.63) is 50.1 Å². The number of hydrogen-bond donors (Lipinski definition) is 0. The van der Waals surface area contributed by atoms with Crippen LogP contribution in [0.15, 0.2) is 35.2 Å². The van der Waals surface area contributed by atoms with Crippen LogP contribution in [0, 0.1) is 0 Å². The van der Waals surface area contributed by atoms with Crippen molar-refractivity contribution in [1.29, 1.82) is 0 Å². The van der Waals surface area contributed by atoms with Gasteiger partial charge in [-0.1, -0.05) is 23.2 Å². The van der Waals surface area contributed by atoms with Crippen molar-refractivity contribution in [2.75, 3.05) is 20.1 Å². The van der Waals surface area contributed by atoms with Gasteiger partial charge in [0.05, 0.1) is 28.1 Å². The van der Waals surface area contributed by atoms with E-state index in [0.717, 1.165) is 4.88 Å². The molecular formula is C19H22Cl2N2O4S2. The molecule has 1 aromatic carbocycles. The Kier molecular flexibility index (Phi) is 6.92. The molecule has 1 aliphatic heterocycles. The number of carbonyl (C=O) groups excluding carboxylic acids is 1. The molecular weight excluding hydrogens is 455 g/mol. The van der Waals surface area contributed by atoms with Gasteiger partial charge in [0.15, 0.2) is 0 Å². The number of amides is 1. The van der Waals surface area contributed by atoms with Gasteiger partial charge in [0.2, 0.25) is 10.0 Å². The summed E-state index contributed by atoms with van der Waals surface area (Å²) in [5.41, 5.74) is 0.257. The van der Waals surface area contributed by atoms with Gasteiger partial charge >= 0.3 is 0 Å². The molecule has 1 aliphatic rings. The highest BCUT2D eigenvalue weighted by Crippen LogP contribution is 2.29. The molecule has 0 spiro atoms. The van der Waals surface area contributed by atoms with Crippen LogP contribution < -0.4 is 0 Å². The van der Waals surface area contributed by atoms with Crippen LogP contribution in [0.5, 0.6) is 0 Å². The Labute approximate surface area is 185 Å². The first kappa shape index (κ1) is 22.5. The number of rotatable bonds is 5. The summed E-state index contributed by atoms with van der Waals surface area (Å²) in [7, 11) is -2.20. The molecule has 6 nitrogen and oxygen atoms in total. The summed E-state index contributed by atoms with van der Waals surface area (Å²) >= 11 is 13.6. The van der Waals surface area contributed by atoms with Gasteiger partial charge < -0.3 is 9.64 Å². The van der Waals surface area contributed by atoms with Crippen molar-refractivity contribution in [1.82, 2.24) is 9.21 Å². The number of nitrogens with zero attached hydrogens (tertiary/aromatic N) is 2. The van der Waals surface area contributed by atoms with Crippen LogP contribution in [0.4, 0.5) is 0 Å². The Morgan fingerprint density at radius 1 is 1.21 bits per heavy atom. The van der Waals surface area contributed by atoms with Crippen LogP contribution in [0.3, 0.4) is 0 Å². The lowest BCUT2D eigenvalue weighted by Crippen LogP contribution is -2.48. The van der Waals surface area contributed by atoms with E-state index in [-0.39, 0.29) is 46.7 Å². The highest BCUT2D eigenvalue weighted by atomic mass is 35.5. The summed E-state index contributed by atoms with van der Waals surface area (Å²) in [5, 5.41) is 0.0843. The van der Waals surface area contributed by atoms with Crippen molar-refractivity contribution < 1.29 is 17.9 Å². The second-order valence-electron chi connectivity index (χ2n) is 7.09. The second-order valence-corrected chi connectivity index (χ2v) is 11.2. The van der Waals surface area contributed by atoms with E-state index in [4.69, 9.17) is 27.9 Å². The number of morpholine rings is 1. The molecule has 3 rings (SSSR count). The lowest BCUT2D eigenvalue weighted by atomic mass is 10.2. The van der Waals surface area contributed by atoms with Crippen LogP contribution in [0.25, 0.3) is 0 Å². The number of hydrogen-bond acceptors (Lipinski definition) is 5. The maximum atomic E-state index is 13.2. The highest BCUT2D eigenvalue weighted by molar-refractivity contribution is 7.89. The molecule has 158 valence electrons. The molecule has 2 unspecified atom stereocenters. The normalized spacial score (nSPS) is 20.6. The summed E-state index contributed by atoms with van der Waals surface area (Å²) in [6.07, 6.45) is -0.443. The predicted octanol–water partition coefficient (Wildman–Crippen LogP) is 4.13. The van der Waals surface area contributed by atoms with Crippen molar-refractivity contribution in [3.8, 4) is 0 Å². The van der Waals surface area contributed by atoms with Crippen molar-refractivity contribution in [2.24, 2.45) is 0 Å². The van der Waals surface area contributed by atoms with Crippen LogP contribution in [0.1, 0.15) is 29.1 Å². The fourth-order valence-electron chi connectivity index (χ4n) is 3.26. The predicted molar refractivity (Wildman–Crippen MR) is 115 cm³/mol. The molecule has 10 heteroatoms. The Morgan fingerprint density at radius 3 is 2.45 bits per heavy atom. The number of benzene rings is 1. The third-order valence-electron chi connectivity index (χ3n) is 4.55. The number of thiophene rings is 1. The van der Waals surface area contributed by atoms with Gasteiger partial charge in [-0.05, 0) is 44.2 Å². The fourth-order valence-corrected chi connectivity index (χ4v) is 6.49. The number of sulfonamides is 1. The summed E-state index contributed by atoms with van der Waals surface area (Å²) in [6.45, 7) is 4.50. The Hall–Kier alpha value is -1.16. The monoisotopic (exact) mass is 476 g/mol. The van der Waals surface area contributed by atoms with Crippen molar-refractivity contribution in [2.45, 2.75) is 37.5 Å². The zero-order valence-corrected chi connectivity index (χ0v) is 19.4. The SMILES string of the molecule is CC1CN(S(=O)(=O)c2cc(C(=O)N(C)Cc3ccc(Cl)s3)ccc2Cl)CC(C)O1. The number of halogens is 2. The van der Waals surface area contributed by atoms with E-state index < -0.39 is 10.0 Å². The third-order valence-corrected chi connectivity index (χ3v) is 8.08. The number of ether oxygens (including phenoxy) is 1.